The Labute approximate surface area is 185 Å². The van der Waals surface area contributed by atoms with Crippen LogP contribution >= 0.6 is 0 Å². The van der Waals surface area contributed by atoms with Crippen molar-refractivity contribution in [1.29, 1.82) is 0 Å². The van der Waals surface area contributed by atoms with Gasteiger partial charge in [-0.3, -0.25) is 0 Å². The number of hydrogen-bond acceptors (Lipinski definition) is 3. The van der Waals surface area contributed by atoms with E-state index in [2.05, 4.69) is 14.2 Å². The van der Waals surface area contributed by atoms with Gasteiger partial charge in [-0.2, -0.15) is 79.0 Å². The number of hydrogen-bond donors (Lipinski definition) is 0. The van der Waals surface area contributed by atoms with Crippen LogP contribution in [0.1, 0.15) is 0 Å². The zero-order valence-electron chi connectivity index (χ0n) is 17.0. The highest BCUT2D eigenvalue weighted by Gasteiger charge is 2.97. The normalized spacial score (nSPS) is 18.1. The Balaban J connectivity index is 7.20. The zero-order valence-corrected chi connectivity index (χ0v) is 19.0. The fourth-order valence-electron chi connectivity index (χ4n) is 2.31. The van der Waals surface area contributed by atoms with Gasteiger partial charge in [0.2, 0.25) is 5.41 Å². The van der Waals surface area contributed by atoms with E-state index in [-0.39, 0.29) is 21.3 Å². The fraction of sp³-hybridized carbons (Fsp3) is 1.00. The van der Waals surface area contributed by atoms with Gasteiger partial charge in [0.05, 0.1) is 10.2 Å². The van der Waals surface area contributed by atoms with Crippen molar-refractivity contribution in [3.63, 3.8) is 0 Å². The van der Waals surface area contributed by atoms with Crippen LogP contribution in [0.5, 0.6) is 0 Å². The molecule has 0 aliphatic carbocycles. The molecule has 22 heteroatoms. The minimum Gasteiger partial charge on any atom is -0.352 e. The molecular weight excluding hydrogens is 574 g/mol. The summed E-state index contributed by atoms with van der Waals surface area (Å²) in [6, 6.07) is 0. The van der Waals surface area contributed by atoms with E-state index in [1.165, 1.54) is 0 Å². The Kier molecular flexibility index (Phi) is 8.41. The van der Waals surface area contributed by atoms with Crippen molar-refractivity contribution < 1.29 is 93.2 Å². The summed E-state index contributed by atoms with van der Waals surface area (Å²) in [7, 11) is -1.38. The third-order valence-corrected chi connectivity index (χ3v) is 6.23. The summed E-state index contributed by atoms with van der Waals surface area (Å²) in [6.45, 7) is 0. The van der Waals surface area contributed by atoms with Gasteiger partial charge in [0, 0.05) is 21.3 Å². The average molecular weight is 586 g/mol. The van der Waals surface area contributed by atoms with E-state index >= 15 is 0 Å². The Morgan fingerprint density at radius 1 is 0.371 bits per heavy atom. The van der Waals surface area contributed by atoms with Crippen molar-refractivity contribution in [2.24, 2.45) is 0 Å². The molecule has 0 fully saturated rings. The summed E-state index contributed by atoms with van der Waals surface area (Å²) < 4.78 is 252. The second-order valence-electron chi connectivity index (χ2n) is 6.67. The van der Waals surface area contributed by atoms with Gasteiger partial charge in [-0.05, 0) is 0 Å². The number of rotatable bonds is 11. The van der Waals surface area contributed by atoms with Crippen LogP contribution in [-0.4, -0.2) is 90.5 Å². The molecule has 0 radical (unpaired) electrons. The molecule has 0 aliphatic rings. The highest BCUT2D eigenvalue weighted by Crippen LogP contribution is 2.65. The molecule has 0 aromatic heterocycles. The Hall–Kier alpha value is -1.16. The molecule has 0 heterocycles. The van der Waals surface area contributed by atoms with Crippen LogP contribution in [0.15, 0.2) is 0 Å². The van der Waals surface area contributed by atoms with Crippen molar-refractivity contribution in [3.8, 4) is 0 Å². The van der Waals surface area contributed by atoms with E-state index in [1.807, 2.05) is 0 Å². The topological polar surface area (TPSA) is 27.7 Å². The largest absolute Gasteiger partial charge is 0.460 e. The van der Waals surface area contributed by atoms with Crippen molar-refractivity contribution in [3.05, 3.63) is 0 Å². The summed E-state index contributed by atoms with van der Waals surface area (Å²) in [6.07, 6.45) is -7.87. The lowest BCUT2D eigenvalue weighted by Crippen LogP contribution is -2.78. The predicted molar refractivity (Wildman–Crippen MR) is 78.2 cm³/mol. The molecule has 0 bridgehead atoms. The summed E-state index contributed by atoms with van der Waals surface area (Å²) >= 11 is 0. The first-order valence-corrected chi connectivity index (χ1v) is 8.99. The molecular formula is C13H12F18O3Si. The minimum atomic E-state index is -8.84. The monoisotopic (exact) mass is 586 g/mol. The summed E-state index contributed by atoms with van der Waals surface area (Å²) in [4.78, 5) is 0. The Morgan fingerprint density at radius 3 is 0.800 bits per heavy atom. The second-order valence-corrected chi connectivity index (χ2v) is 7.99. The maximum absolute atomic E-state index is 14.8. The first-order chi connectivity index (χ1) is 14.9. The summed E-state index contributed by atoms with van der Waals surface area (Å²) in [5.41, 5.74) is -3.85. The number of alkyl halides is 18. The smallest absolute Gasteiger partial charge is 0.352 e. The summed E-state index contributed by atoms with van der Waals surface area (Å²) in [5, 5.41) is 0. The van der Waals surface area contributed by atoms with Crippen molar-refractivity contribution >= 4 is 10.2 Å². The molecule has 1 unspecified atom stereocenters. The van der Waals surface area contributed by atoms with Crippen LogP contribution in [-0.2, 0) is 14.2 Å². The molecule has 0 N–H and O–H groups in total. The predicted octanol–water partition coefficient (Wildman–Crippen LogP) is 4.62. The number of halogens is 18. The van der Waals surface area contributed by atoms with Gasteiger partial charge >= 0.3 is 53.5 Å². The molecule has 0 saturated carbocycles. The van der Waals surface area contributed by atoms with Crippen LogP contribution in [0.3, 0.4) is 0 Å². The molecule has 0 rings (SSSR count). The van der Waals surface area contributed by atoms with Crippen molar-refractivity contribution in [2.45, 2.75) is 58.9 Å². The lowest BCUT2D eigenvalue weighted by Gasteiger charge is -2.48. The van der Waals surface area contributed by atoms with Gasteiger partial charge in [0.1, 0.15) is 0 Å². The SMILES string of the molecule is COC([SiH3])(OC)C(F)(OC)C(F)(F)C(F)(F)C(F)(F)C(F)(F)C(F)(F)C(F)(F)C(F)(F)C(F)(F)F. The van der Waals surface area contributed by atoms with E-state index in [0.29, 0.717) is 0 Å². The van der Waals surface area contributed by atoms with Crippen molar-refractivity contribution in [1.82, 2.24) is 0 Å². The van der Waals surface area contributed by atoms with E-state index in [4.69, 9.17) is 0 Å². The molecule has 0 aromatic carbocycles. The first kappa shape index (κ1) is 33.8. The van der Waals surface area contributed by atoms with Gasteiger partial charge in [-0.15, -0.1) is 0 Å². The van der Waals surface area contributed by atoms with Crippen LogP contribution in [0.2, 0.25) is 0 Å². The van der Waals surface area contributed by atoms with Gasteiger partial charge in [0.15, 0.2) is 0 Å². The Bertz CT molecular complexity index is 761. The third-order valence-electron chi connectivity index (χ3n) is 4.77. The standard InChI is InChI=1S/C13H12F18O3Si/c1-32-11(28,13(35,33-2)34-3)9(24,25)7(20,21)5(16,17)4(14,15)6(18,19)8(22,23)10(26,27)12(29,30)31/h1-3,35H3. The Morgan fingerprint density at radius 2 is 0.600 bits per heavy atom. The zero-order chi connectivity index (χ0) is 29.1. The van der Waals surface area contributed by atoms with Crippen molar-refractivity contribution in [2.75, 3.05) is 21.3 Å². The van der Waals surface area contributed by atoms with Crippen LogP contribution in [0.25, 0.3) is 0 Å². The molecule has 1 atom stereocenters. The van der Waals surface area contributed by atoms with Gasteiger partial charge in [-0.25, -0.2) is 0 Å². The molecule has 35 heavy (non-hydrogen) atoms. The molecule has 0 amide bonds. The van der Waals surface area contributed by atoms with Gasteiger partial charge < -0.3 is 14.2 Å². The summed E-state index contributed by atoms with van der Waals surface area (Å²) in [5.74, 6) is -64.9. The molecule has 0 aromatic rings. The lowest BCUT2D eigenvalue weighted by molar-refractivity contribution is -0.483. The molecule has 0 aliphatic heterocycles. The number of ether oxygens (including phenoxy) is 3. The quantitative estimate of drug-likeness (QED) is 0.201. The molecule has 212 valence electrons. The van der Waals surface area contributed by atoms with E-state index in [0.717, 1.165) is 0 Å². The third kappa shape index (κ3) is 3.96. The van der Waals surface area contributed by atoms with Crippen LogP contribution in [0.4, 0.5) is 79.0 Å². The van der Waals surface area contributed by atoms with Gasteiger partial charge in [-0.1, -0.05) is 0 Å². The first-order valence-electron chi connectivity index (χ1n) is 7.99. The molecule has 0 saturated heterocycles. The van der Waals surface area contributed by atoms with Gasteiger partial charge in [0.25, 0.3) is 0 Å². The van der Waals surface area contributed by atoms with E-state index in [9.17, 15) is 79.0 Å². The highest BCUT2D eigenvalue weighted by atomic mass is 28.1. The van der Waals surface area contributed by atoms with E-state index in [1.54, 1.807) is 0 Å². The lowest BCUT2D eigenvalue weighted by atomic mass is 9.87. The minimum absolute atomic E-state index is 0.179. The molecule has 0 spiro atoms. The second kappa shape index (κ2) is 8.70. The highest BCUT2D eigenvalue weighted by molar-refractivity contribution is 6.14. The maximum atomic E-state index is 14.8. The fourth-order valence-corrected chi connectivity index (χ4v) is 2.83. The average Bonchev–Trinajstić information content (AvgIpc) is 2.70. The van der Waals surface area contributed by atoms with Crippen LogP contribution < -0.4 is 0 Å². The number of methoxy groups -OCH3 is 3. The van der Waals surface area contributed by atoms with Crippen LogP contribution in [0, 0.1) is 0 Å². The maximum Gasteiger partial charge on any atom is 0.460 e. The van der Waals surface area contributed by atoms with E-state index < -0.39 is 69.1 Å². The molecule has 3 nitrogen and oxygen atoms in total.